The second-order valence-electron chi connectivity index (χ2n) is 8.99. The van der Waals surface area contributed by atoms with Gasteiger partial charge in [-0.3, -0.25) is 4.79 Å². The maximum absolute atomic E-state index is 13.8. The van der Waals surface area contributed by atoms with E-state index in [1.165, 1.54) is 24.8 Å². The third-order valence-corrected chi connectivity index (χ3v) is 6.03. The first kappa shape index (κ1) is 30.3. The Morgan fingerprint density at radius 1 is 1.15 bits per heavy atom. The van der Waals surface area contributed by atoms with Crippen molar-refractivity contribution in [3.63, 3.8) is 0 Å². The molecule has 1 atom stereocenters. The van der Waals surface area contributed by atoms with Crippen LogP contribution in [0.4, 0.5) is 23.4 Å². The summed E-state index contributed by atoms with van der Waals surface area (Å²) in [6.45, 7) is 0.961. The molecular weight excluding hydrogens is 540 g/mol. The van der Waals surface area contributed by atoms with Gasteiger partial charge in [0.05, 0.1) is 13.5 Å². The average molecular weight is 569 g/mol. The maximum atomic E-state index is 13.8. The van der Waals surface area contributed by atoms with Gasteiger partial charge in [0.1, 0.15) is 5.82 Å². The minimum Gasteiger partial charge on any atom is -0.494 e. The van der Waals surface area contributed by atoms with Gasteiger partial charge in [-0.25, -0.2) is 14.2 Å². The smallest absolute Gasteiger partial charge is 0.490 e. The first-order chi connectivity index (χ1) is 19.0. The second kappa shape index (κ2) is 13.7. The summed E-state index contributed by atoms with van der Waals surface area (Å²) in [7, 11) is 1.37. The molecule has 3 aromatic rings. The van der Waals surface area contributed by atoms with Gasteiger partial charge < -0.3 is 24.8 Å². The number of fused-ring (bicyclic) bond motifs is 1. The summed E-state index contributed by atoms with van der Waals surface area (Å²) in [5.74, 6) is -2.68. The van der Waals surface area contributed by atoms with E-state index in [9.17, 15) is 27.5 Å². The highest BCUT2D eigenvalue weighted by Crippen LogP contribution is 2.29. The monoisotopic (exact) mass is 568 g/mol. The van der Waals surface area contributed by atoms with E-state index >= 15 is 0 Å². The topological polar surface area (TPSA) is 148 Å². The first-order valence-electron chi connectivity index (χ1n) is 12.4. The SMILES string of the molecule is COc1cc(C(CC(=O)O)Cc2nc(CCCc3ccc4c(n3)NCCC4)no2)ccc1F.O=C(O)C(F)(F)F. The van der Waals surface area contributed by atoms with E-state index in [4.69, 9.17) is 24.1 Å². The number of methoxy groups -OCH3 is 1. The van der Waals surface area contributed by atoms with Gasteiger partial charge in [0, 0.05) is 31.0 Å². The second-order valence-corrected chi connectivity index (χ2v) is 8.99. The van der Waals surface area contributed by atoms with E-state index in [1.807, 2.05) is 0 Å². The normalized spacial score (nSPS) is 13.3. The number of aryl methyl sites for hydroxylation is 3. The van der Waals surface area contributed by atoms with Gasteiger partial charge in [0.15, 0.2) is 17.4 Å². The highest BCUT2D eigenvalue weighted by Gasteiger charge is 2.38. The largest absolute Gasteiger partial charge is 0.494 e. The number of hydrogen-bond acceptors (Lipinski definition) is 8. The summed E-state index contributed by atoms with van der Waals surface area (Å²) in [5.41, 5.74) is 2.93. The van der Waals surface area contributed by atoms with Crippen LogP contribution < -0.4 is 10.1 Å². The van der Waals surface area contributed by atoms with Gasteiger partial charge in [-0.1, -0.05) is 17.3 Å². The molecule has 0 spiro atoms. The van der Waals surface area contributed by atoms with Crippen molar-refractivity contribution < 1.29 is 46.6 Å². The molecule has 0 radical (unpaired) electrons. The molecule has 1 aliphatic heterocycles. The van der Waals surface area contributed by atoms with Crippen LogP contribution in [0.15, 0.2) is 34.9 Å². The zero-order valence-electron chi connectivity index (χ0n) is 21.5. The van der Waals surface area contributed by atoms with Gasteiger partial charge in [-0.15, -0.1) is 0 Å². The summed E-state index contributed by atoms with van der Waals surface area (Å²) in [6, 6.07) is 8.56. The molecule has 40 heavy (non-hydrogen) atoms. The third-order valence-electron chi connectivity index (χ3n) is 6.03. The van der Waals surface area contributed by atoms with Crippen LogP contribution >= 0.6 is 0 Å². The van der Waals surface area contributed by atoms with Crippen LogP contribution in [0.5, 0.6) is 5.75 Å². The first-order valence-corrected chi connectivity index (χ1v) is 12.4. The van der Waals surface area contributed by atoms with Crippen LogP contribution in [0.1, 0.15) is 53.7 Å². The maximum Gasteiger partial charge on any atom is 0.490 e. The van der Waals surface area contributed by atoms with Gasteiger partial charge in [-0.2, -0.15) is 18.2 Å². The van der Waals surface area contributed by atoms with Crippen LogP contribution in [-0.2, 0) is 35.3 Å². The number of halogens is 4. The molecule has 1 unspecified atom stereocenters. The molecule has 10 nitrogen and oxygen atoms in total. The Labute approximate surface area is 226 Å². The van der Waals surface area contributed by atoms with Gasteiger partial charge in [0.2, 0.25) is 5.89 Å². The fourth-order valence-corrected chi connectivity index (χ4v) is 4.07. The van der Waals surface area contributed by atoms with E-state index in [0.29, 0.717) is 23.7 Å². The van der Waals surface area contributed by atoms with Crippen molar-refractivity contribution in [2.45, 2.75) is 57.0 Å². The number of aromatic nitrogens is 3. The van der Waals surface area contributed by atoms with Crippen LogP contribution in [0.25, 0.3) is 0 Å². The van der Waals surface area contributed by atoms with Gasteiger partial charge in [-0.05, 0) is 55.0 Å². The molecule has 0 aliphatic carbocycles. The predicted molar refractivity (Wildman–Crippen MR) is 133 cm³/mol. The molecule has 0 fully saturated rings. The van der Waals surface area contributed by atoms with Crippen molar-refractivity contribution in [3.05, 3.63) is 64.7 Å². The molecule has 0 amide bonds. The van der Waals surface area contributed by atoms with E-state index in [0.717, 1.165) is 43.7 Å². The molecule has 4 rings (SSSR count). The van der Waals surface area contributed by atoms with E-state index in [2.05, 4.69) is 27.6 Å². The Morgan fingerprint density at radius 3 is 2.58 bits per heavy atom. The third kappa shape index (κ3) is 8.92. The zero-order valence-corrected chi connectivity index (χ0v) is 21.5. The highest BCUT2D eigenvalue weighted by molar-refractivity contribution is 5.73. The van der Waals surface area contributed by atoms with Gasteiger partial charge >= 0.3 is 18.1 Å². The molecule has 3 N–H and O–H groups in total. The predicted octanol–water partition coefficient (Wildman–Crippen LogP) is 4.58. The van der Waals surface area contributed by atoms with Crippen LogP contribution in [0.2, 0.25) is 0 Å². The Bertz CT molecular complexity index is 1310. The quantitative estimate of drug-likeness (QED) is 0.297. The number of hydrogen-bond donors (Lipinski definition) is 3. The van der Waals surface area contributed by atoms with Crippen LogP contribution in [0, 0.1) is 5.82 Å². The number of ether oxygens (including phenoxy) is 1. The number of carboxylic acids is 2. The number of nitrogens with zero attached hydrogens (tertiary/aromatic N) is 3. The Balaban J connectivity index is 0.000000559. The number of carboxylic acid groups (broad SMARTS) is 2. The summed E-state index contributed by atoms with van der Waals surface area (Å²) in [5, 5.41) is 23.8. The Hall–Kier alpha value is -4.23. The molecule has 0 saturated heterocycles. The number of rotatable bonds is 10. The molecule has 2 aromatic heterocycles. The summed E-state index contributed by atoms with van der Waals surface area (Å²) in [4.78, 5) is 29.4. The molecule has 1 aromatic carbocycles. The fourth-order valence-electron chi connectivity index (χ4n) is 4.07. The molecule has 3 heterocycles. The minimum atomic E-state index is -5.08. The molecule has 0 saturated carbocycles. The fraction of sp³-hybridized carbons (Fsp3) is 0.423. The van der Waals surface area contributed by atoms with Crippen LogP contribution in [0.3, 0.4) is 0 Å². The number of nitrogens with one attached hydrogen (secondary N) is 1. The van der Waals surface area contributed by atoms with Crippen molar-refractivity contribution in [3.8, 4) is 5.75 Å². The Morgan fingerprint density at radius 2 is 1.90 bits per heavy atom. The average Bonchev–Trinajstić information content (AvgIpc) is 3.35. The minimum absolute atomic E-state index is 0.0695. The summed E-state index contributed by atoms with van der Waals surface area (Å²) in [6.07, 6.45) is -0.542. The van der Waals surface area contributed by atoms with Crippen molar-refractivity contribution >= 4 is 17.8 Å². The number of anilines is 1. The molecule has 216 valence electrons. The highest BCUT2D eigenvalue weighted by atomic mass is 19.4. The van der Waals surface area contributed by atoms with E-state index < -0.39 is 29.9 Å². The van der Waals surface area contributed by atoms with E-state index in [-0.39, 0.29) is 18.6 Å². The lowest BCUT2D eigenvalue weighted by Crippen LogP contribution is -2.21. The van der Waals surface area contributed by atoms with Crippen molar-refractivity contribution in [2.75, 3.05) is 19.0 Å². The lowest BCUT2D eigenvalue weighted by molar-refractivity contribution is -0.192. The number of alkyl halides is 3. The zero-order chi connectivity index (χ0) is 29.3. The summed E-state index contributed by atoms with van der Waals surface area (Å²) >= 11 is 0. The number of carbonyl (C=O) groups is 2. The molecule has 1 aliphatic rings. The molecule has 14 heteroatoms. The Kier molecular flexibility index (Phi) is 10.4. The van der Waals surface area contributed by atoms with Crippen molar-refractivity contribution in [1.82, 2.24) is 15.1 Å². The van der Waals surface area contributed by atoms with Crippen molar-refractivity contribution in [1.29, 1.82) is 0 Å². The van der Waals surface area contributed by atoms with Gasteiger partial charge in [0.25, 0.3) is 0 Å². The summed E-state index contributed by atoms with van der Waals surface area (Å²) < 4.78 is 55.9. The molecule has 0 bridgehead atoms. The number of pyridine rings is 1. The lowest BCUT2D eigenvalue weighted by Gasteiger charge is -2.17. The van der Waals surface area contributed by atoms with Crippen LogP contribution in [-0.4, -0.2) is 57.1 Å². The number of aliphatic carboxylic acids is 2. The van der Waals surface area contributed by atoms with E-state index in [1.54, 1.807) is 6.07 Å². The molecular formula is C26H28F4N4O6. The number of benzene rings is 1. The lowest BCUT2D eigenvalue weighted by atomic mass is 9.92. The van der Waals surface area contributed by atoms with Crippen molar-refractivity contribution in [2.24, 2.45) is 0 Å². The standard InChI is InChI=1S/C24H27FN4O4.C2HF3O2/c1-32-20-12-16(8-10-19(20)25)17(14-23(30)31)13-22-28-21(29-33-22)6-2-5-18-9-7-15-4-3-11-26-24(15)27-18;3-2(4,5)1(6)7/h7-10,12,17H,2-6,11,13-14H2,1H3,(H,26,27)(H,30,31);(H,6,7).